The van der Waals surface area contributed by atoms with E-state index in [1.165, 1.54) is 23.5 Å². The molecule has 27 heavy (non-hydrogen) atoms. The maximum absolute atomic E-state index is 14.0. The zero-order valence-corrected chi connectivity index (χ0v) is 16.5. The Morgan fingerprint density at radius 1 is 1.19 bits per heavy atom. The molecule has 2 aromatic carbocycles. The Labute approximate surface area is 161 Å². The second-order valence-corrected chi connectivity index (χ2v) is 8.59. The molecule has 0 saturated carbocycles. The fraction of sp³-hybridized carbons (Fsp3) is 0.211. The number of hydrogen-bond acceptors (Lipinski definition) is 5. The SMILES string of the molecule is CCOc1ccc(S(=O)(=O)NCc2sc(-c3ccccc3)nc2C)cc1F. The van der Waals surface area contributed by atoms with Gasteiger partial charge in [-0.25, -0.2) is 22.5 Å². The average Bonchev–Trinajstić information content (AvgIpc) is 3.03. The lowest BCUT2D eigenvalue weighted by molar-refractivity contribution is 0.321. The Kier molecular flexibility index (Phi) is 5.88. The van der Waals surface area contributed by atoms with Crippen molar-refractivity contribution < 1.29 is 17.5 Å². The van der Waals surface area contributed by atoms with Gasteiger partial charge in [-0.05, 0) is 32.0 Å². The quantitative estimate of drug-likeness (QED) is 0.640. The van der Waals surface area contributed by atoms with Crippen LogP contribution in [0.1, 0.15) is 17.5 Å². The predicted molar refractivity (Wildman–Crippen MR) is 104 cm³/mol. The number of nitrogens with zero attached hydrogens (tertiary/aromatic N) is 1. The number of ether oxygens (including phenoxy) is 1. The molecule has 3 rings (SSSR count). The van der Waals surface area contributed by atoms with Crippen LogP contribution in [0.2, 0.25) is 0 Å². The second-order valence-electron chi connectivity index (χ2n) is 5.74. The predicted octanol–water partition coefficient (Wildman–Crippen LogP) is 4.13. The van der Waals surface area contributed by atoms with Crippen molar-refractivity contribution in [2.45, 2.75) is 25.3 Å². The lowest BCUT2D eigenvalue weighted by atomic mass is 10.2. The number of sulfonamides is 1. The molecule has 142 valence electrons. The number of hydrogen-bond donors (Lipinski definition) is 1. The van der Waals surface area contributed by atoms with E-state index in [-0.39, 0.29) is 17.2 Å². The van der Waals surface area contributed by atoms with Crippen LogP contribution >= 0.6 is 11.3 Å². The van der Waals surface area contributed by atoms with Gasteiger partial charge in [0, 0.05) is 17.0 Å². The Morgan fingerprint density at radius 2 is 1.93 bits per heavy atom. The van der Waals surface area contributed by atoms with Crippen molar-refractivity contribution in [1.82, 2.24) is 9.71 Å². The summed E-state index contributed by atoms with van der Waals surface area (Å²) in [6.45, 7) is 3.96. The van der Waals surface area contributed by atoms with E-state index in [2.05, 4.69) is 9.71 Å². The number of rotatable bonds is 7. The van der Waals surface area contributed by atoms with Crippen LogP contribution in [0.5, 0.6) is 5.75 Å². The molecule has 0 aliphatic rings. The van der Waals surface area contributed by atoms with Gasteiger partial charge in [-0.1, -0.05) is 30.3 Å². The summed E-state index contributed by atoms with van der Waals surface area (Å²) in [5, 5.41) is 0.828. The molecular formula is C19H19FN2O3S2. The minimum Gasteiger partial charge on any atom is -0.491 e. The number of halogens is 1. The smallest absolute Gasteiger partial charge is 0.241 e. The first-order valence-electron chi connectivity index (χ1n) is 8.34. The monoisotopic (exact) mass is 406 g/mol. The minimum absolute atomic E-state index is 0.0299. The summed E-state index contributed by atoms with van der Waals surface area (Å²) in [5.74, 6) is -0.678. The Hall–Kier alpha value is -2.29. The molecule has 0 amide bonds. The highest BCUT2D eigenvalue weighted by molar-refractivity contribution is 7.89. The van der Waals surface area contributed by atoms with Crippen molar-refractivity contribution in [3.8, 4) is 16.3 Å². The molecule has 0 saturated heterocycles. The highest BCUT2D eigenvalue weighted by Crippen LogP contribution is 2.28. The summed E-state index contributed by atoms with van der Waals surface area (Å²) >= 11 is 1.43. The van der Waals surface area contributed by atoms with Crippen LogP contribution in [-0.2, 0) is 16.6 Å². The second kappa shape index (κ2) is 8.16. The minimum atomic E-state index is -3.85. The van der Waals surface area contributed by atoms with Crippen molar-refractivity contribution in [2.24, 2.45) is 0 Å². The molecule has 3 aromatic rings. The molecule has 0 unspecified atom stereocenters. The summed E-state index contributed by atoms with van der Waals surface area (Å²) in [6.07, 6.45) is 0. The van der Waals surface area contributed by atoms with E-state index in [1.54, 1.807) is 6.92 Å². The van der Waals surface area contributed by atoms with Crippen LogP contribution < -0.4 is 9.46 Å². The van der Waals surface area contributed by atoms with Crippen LogP contribution in [0.15, 0.2) is 53.4 Å². The number of benzene rings is 2. The molecule has 0 fully saturated rings. The molecular weight excluding hydrogens is 387 g/mol. The molecule has 0 radical (unpaired) electrons. The van der Waals surface area contributed by atoms with Crippen molar-refractivity contribution in [3.05, 3.63) is 64.9 Å². The summed E-state index contributed by atoms with van der Waals surface area (Å²) < 4.78 is 46.5. The normalized spacial score (nSPS) is 11.5. The molecule has 0 bridgehead atoms. The standard InChI is InChI=1S/C19H19FN2O3S2/c1-3-25-17-10-9-15(11-16(17)20)27(23,24)21-12-18-13(2)22-19(26-18)14-7-5-4-6-8-14/h4-11,21H,3,12H2,1-2H3. The number of nitrogens with one attached hydrogen (secondary N) is 1. The summed E-state index contributed by atoms with van der Waals surface area (Å²) in [6, 6.07) is 13.3. The molecule has 1 heterocycles. The lowest BCUT2D eigenvalue weighted by Crippen LogP contribution is -2.23. The van der Waals surface area contributed by atoms with Crippen molar-refractivity contribution in [2.75, 3.05) is 6.61 Å². The summed E-state index contributed by atoms with van der Waals surface area (Å²) in [5.41, 5.74) is 1.74. The Balaban J connectivity index is 1.76. The maximum atomic E-state index is 14.0. The topological polar surface area (TPSA) is 68.3 Å². The van der Waals surface area contributed by atoms with E-state index in [9.17, 15) is 12.8 Å². The van der Waals surface area contributed by atoms with Gasteiger partial charge in [-0.15, -0.1) is 11.3 Å². The summed E-state index contributed by atoms with van der Waals surface area (Å²) in [4.78, 5) is 5.17. The molecule has 0 aliphatic heterocycles. The molecule has 0 aliphatic carbocycles. The van der Waals surface area contributed by atoms with Gasteiger partial charge < -0.3 is 4.74 Å². The van der Waals surface area contributed by atoms with Crippen LogP contribution in [0.3, 0.4) is 0 Å². The fourth-order valence-corrected chi connectivity index (χ4v) is 4.57. The Bertz CT molecular complexity index is 1030. The van der Waals surface area contributed by atoms with Crippen LogP contribution in [0, 0.1) is 12.7 Å². The molecule has 1 aromatic heterocycles. The van der Waals surface area contributed by atoms with Crippen LogP contribution in [-0.4, -0.2) is 20.0 Å². The number of thiazole rings is 1. The van der Waals surface area contributed by atoms with Gasteiger partial charge in [0.15, 0.2) is 11.6 Å². The highest BCUT2D eigenvalue weighted by Gasteiger charge is 2.18. The van der Waals surface area contributed by atoms with E-state index in [0.29, 0.717) is 6.61 Å². The molecule has 1 N–H and O–H groups in total. The lowest BCUT2D eigenvalue weighted by Gasteiger charge is -2.09. The molecule has 0 atom stereocenters. The zero-order valence-electron chi connectivity index (χ0n) is 14.9. The van der Waals surface area contributed by atoms with Gasteiger partial charge in [0.25, 0.3) is 0 Å². The van der Waals surface area contributed by atoms with E-state index < -0.39 is 15.8 Å². The molecule has 8 heteroatoms. The van der Waals surface area contributed by atoms with Gasteiger partial charge >= 0.3 is 0 Å². The van der Waals surface area contributed by atoms with Gasteiger partial charge in [0.2, 0.25) is 10.0 Å². The van der Waals surface area contributed by atoms with Crippen molar-refractivity contribution in [3.63, 3.8) is 0 Å². The van der Waals surface area contributed by atoms with E-state index in [0.717, 1.165) is 27.2 Å². The third-order valence-electron chi connectivity index (χ3n) is 3.85. The molecule has 5 nitrogen and oxygen atoms in total. The largest absolute Gasteiger partial charge is 0.491 e. The first-order valence-corrected chi connectivity index (χ1v) is 10.6. The third kappa shape index (κ3) is 4.52. The van der Waals surface area contributed by atoms with Gasteiger partial charge in [0.1, 0.15) is 5.01 Å². The zero-order chi connectivity index (χ0) is 19.4. The average molecular weight is 407 g/mol. The fourth-order valence-electron chi connectivity index (χ4n) is 2.46. The van der Waals surface area contributed by atoms with E-state index >= 15 is 0 Å². The first-order chi connectivity index (χ1) is 12.9. The van der Waals surface area contributed by atoms with E-state index in [4.69, 9.17) is 4.74 Å². The van der Waals surface area contributed by atoms with Gasteiger partial charge in [0.05, 0.1) is 17.2 Å². The molecule has 0 spiro atoms. The van der Waals surface area contributed by atoms with Crippen LogP contribution in [0.25, 0.3) is 10.6 Å². The number of aryl methyl sites for hydroxylation is 1. The maximum Gasteiger partial charge on any atom is 0.241 e. The first kappa shape index (κ1) is 19.5. The van der Waals surface area contributed by atoms with Gasteiger partial charge in [-0.3, -0.25) is 0 Å². The van der Waals surface area contributed by atoms with E-state index in [1.807, 2.05) is 37.3 Å². The van der Waals surface area contributed by atoms with Crippen molar-refractivity contribution >= 4 is 21.4 Å². The summed E-state index contributed by atoms with van der Waals surface area (Å²) in [7, 11) is -3.85. The van der Waals surface area contributed by atoms with Crippen LogP contribution in [0.4, 0.5) is 4.39 Å². The van der Waals surface area contributed by atoms with Crippen molar-refractivity contribution in [1.29, 1.82) is 0 Å². The highest BCUT2D eigenvalue weighted by atomic mass is 32.2. The third-order valence-corrected chi connectivity index (χ3v) is 6.46. The van der Waals surface area contributed by atoms with Gasteiger partial charge in [-0.2, -0.15) is 0 Å². The number of aromatic nitrogens is 1. The Morgan fingerprint density at radius 3 is 2.59 bits per heavy atom.